The van der Waals surface area contributed by atoms with Crippen LogP contribution >= 0.6 is 0 Å². The molecule has 8 heteroatoms. The van der Waals surface area contributed by atoms with Crippen LogP contribution in [0.1, 0.15) is 32.8 Å². The van der Waals surface area contributed by atoms with E-state index in [0.717, 1.165) is 22.7 Å². The van der Waals surface area contributed by atoms with Crippen LogP contribution in [0.3, 0.4) is 0 Å². The Hall–Kier alpha value is -1.93. The molecule has 0 bridgehead atoms. The number of aliphatic carboxylic acids is 1. The molecule has 0 unspecified atom stereocenters. The second-order valence-electron chi connectivity index (χ2n) is 6.10. The molecule has 1 aliphatic rings. The molecule has 1 heterocycles. The van der Waals surface area contributed by atoms with Gasteiger partial charge in [-0.25, -0.2) is 8.42 Å². The molecule has 0 saturated carbocycles. The van der Waals surface area contributed by atoms with E-state index in [1.54, 1.807) is 24.8 Å². The van der Waals surface area contributed by atoms with Gasteiger partial charge in [-0.2, -0.15) is 4.31 Å². The molecule has 2 rings (SSSR count). The number of amides is 1. The quantitative estimate of drug-likeness (QED) is 0.864. The van der Waals surface area contributed by atoms with Crippen molar-refractivity contribution in [1.82, 2.24) is 4.31 Å². The second-order valence-corrected chi connectivity index (χ2v) is 7.99. The molecular formula is C16H22N2O5S. The number of benzene rings is 1. The van der Waals surface area contributed by atoms with Gasteiger partial charge in [-0.1, -0.05) is 6.07 Å². The fraction of sp³-hybridized carbons (Fsp3) is 0.500. The van der Waals surface area contributed by atoms with Crippen LogP contribution in [-0.4, -0.2) is 48.8 Å². The second kappa shape index (κ2) is 6.90. The minimum absolute atomic E-state index is 0.00403. The number of rotatable bonds is 5. The molecule has 1 aromatic carbocycles. The Morgan fingerprint density at radius 2 is 2.00 bits per heavy atom. The minimum atomic E-state index is -3.96. The van der Waals surface area contributed by atoms with Crippen LogP contribution in [0.2, 0.25) is 0 Å². The van der Waals surface area contributed by atoms with Gasteiger partial charge in [0.05, 0.1) is 4.90 Å². The van der Waals surface area contributed by atoms with Gasteiger partial charge in [-0.15, -0.1) is 0 Å². The van der Waals surface area contributed by atoms with Crippen LogP contribution in [0.5, 0.6) is 0 Å². The van der Waals surface area contributed by atoms with E-state index in [1.807, 2.05) is 0 Å². The normalized spacial score (nSPS) is 14.8. The van der Waals surface area contributed by atoms with Crippen molar-refractivity contribution in [3.05, 3.63) is 23.8 Å². The minimum Gasteiger partial charge on any atom is -0.480 e. The molecule has 24 heavy (non-hydrogen) atoms. The van der Waals surface area contributed by atoms with E-state index < -0.39 is 28.6 Å². The molecule has 0 radical (unpaired) electrons. The average molecular weight is 354 g/mol. The lowest BCUT2D eigenvalue weighted by molar-refractivity contribution is -0.137. The first-order valence-electron chi connectivity index (χ1n) is 7.79. The third-order valence-corrected chi connectivity index (χ3v) is 6.05. The predicted octanol–water partition coefficient (Wildman–Crippen LogP) is 1.47. The molecule has 0 atom stereocenters. The van der Waals surface area contributed by atoms with Crippen molar-refractivity contribution in [2.24, 2.45) is 0 Å². The smallest absolute Gasteiger partial charge is 0.318 e. The van der Waals surface area contributed by atoms with Crippen molar-refractivity contribution in [2.45, 2.75) is 44.6 Å². The number of sulfonamides is 1. The number of carbonyl (C=O) groups is 2. The third kappa shape index (κ3) is 3.59. The molecule has 7 nitrogen and oxygen atoms in total. The Morgan fingerprint density at radius 1 is 1.33 bits per heavy atom. The highest BCUT2D eigenvalue weighted by Crippen LogP contribution is 2.31. The predicted molar refractivity (Wildman–Crippen MR) is 89.5 cm³/mol. The van der Waals surface area contributed by atoms with E-state index in [9.17, 15) is 18.0 Å². The Kier molecular flexibility index (Phi) is 5.29. The highest BCUT2D eigenvalue weighted by atomic mass is 32.2. The van der Waals surface area contributed by atoms with Crippen molar-refractivity contribution < 1.29 is 23.1 Å². The number of hydrogen-bond acceptors (Lipinski definition) is 4. The van der Waals surface area contributed by atoms with Crippen LogP contribution < -0.4 is 4.90 Å². The summed E-state index contributed by atoms with van der Waals surface area (Å²) in [6.07, 6.45) is 1.61. The zero-order chi connectivity index (χ0) is 18.1. The zero-order valence-electron chi connectivity index (χ0n) is 14.0. The lowest BCUT2D eigenvalue weighted by atomic mass is 10.0. The van der Waals surface area contributed by atoms with Crippen molar-refractivity contribution in [3.63, 3.8) is 0 Å². The van der Waals surface area contributed by atoms with Gasteiger partial charge >= 0.3 is 5.97 Å². The maximum Gasteiger partial charge on any atom is 0.318 e. The summed E-state index contributed by atoms with van der Waals surface area (Å²) in [5.74, 6) is -1.35. The topological polar surface area (TPSA) is 95.0 Å². The van der Waals surface area contributed by atoms with Crippen molar-refractivity contribution in [1.29, 1.82) is 0 Å². The summed E-state index contributed by atoms with van der Waals surface area (Å²) >= 11 is 0. The van der Waals surface area contributed by atoms with Crippen LogP contribution in [-0.2, 0) is 26.0 Å². The molecular weight excluding hydrogens is 332 g/mol. The summed E-state index contributed by atoms with van der Waals surface area (Å²) in [4.78, 5) is 24.4. The maximum absolute atomic E-state index is 12.8. The molecule has 0 aliphatic carbocycles. The molecule has 0 aromatic heterocycles. The largest absolute Gasteiger partial charge is 0.480 e. The van der Waals surface area contributed by atoms with E-state index in [1.165, 1.54) is 19.1 Å². The number of nitrogens with zero attached hydrogens (tertiary/aromatic N) is 2. The van der Waals surface area contributed by atoms with Gasteiger partial charge in [0, 0.05) is 25.2 Å². The molecule has 1 N–H and O–H groups in total. The number of carboxylic acid groups (broad SMARTS) is 1. The SMILES string of the molecule is CC(=O)N1CCCc2ccc(S(=O)(=O)N(CC(=O)O)C(C)C)cc21. The number of hydrogen-bond donors (Lipinski definition) is 1. The molecule has 1 aromatic rings. The van der Waals surface area contributed by atoms with Crippen molar-refractivity contribution in [2.75, 3.05) is 18.0 Å². The van der Waals surface area contributed by atoms with E-state index in [-0.39, 0.29) is 10.8 Å². The Labute approximate surface area is 141 Å². The van der Waals surface area contributed by atoms with Crippen LogP contribution in [0.15, 0.2) is 23.1 Å². The maximum atomic E-state index is 12.8. The summed E-state index contributed by atoms with van der Waals surface area (Å²) < 4.78 is 26.6. The summed E-state index contributed by atoms with van der Waals surface area (Å²) in [6, 6.07) is 4.17. The summed E-state index contributed by atoms with van der Waals surface area (Å²) in [7, 11) is -3.96. The number of carboxylic acids is 1. The molecule has 132 valence electrons. The average Bonchev–Trinajstić information content (AvgIpc) is 2.50. The number of fused-ring (bicyclic) bond motifs is 1. The van der Waals surface area contributed by atoms with E-state index in [4.69, 9.17) is 5.11 Å². The van der Waals surface area contributed by atoms with E-state index in [0.29, 0.717) is 12.2 Å². The van der Waals surface area contributed by atoms with Gasteiger partial charge < -0.3 is 10.0 Å². The number of carbonyl (C=O) groups excluding carboxylic acids is 1. The summed E-state index contributed by atoms with van der Waals surface area (Å²) in [5, 5.41) is 8.99. The van der Waals surface area contributed by atoms with Crippen molar-refractivity contribution >= 4 is 27.6 Å². The number of aryl methyl sites for hydroxylation is 1. The first-order valence-corrected chi connectivity index (χ1v) is 9.23. The van der Waals surface area contributed by atoms with Gasteiger partial charge in [0.25, 0.3) is 0 Å². The Balaban J connectivity index is 2.50. The Morgan fingerprint density at radius 3 is 2.54 bits per heavy atom. The third-order valence-electron chi connectivity index (χ3n) is 4.03. The Bertz CT molecular complexity index is 758. The summed E-state index contributed by atoms with van der Waals surface area (Å²) in [6.45, 7) is 4.64. The van der Waals surface area contributed by atoms with Crippen LogP contribution in [0.25, 0.3) is 0 Å². The highest BCUT2D eigenvalue weighted by Gasteiger charge is 2.31. The van der Waals surface area contributed by atoms with Crippen LogP contribution in [0.4, 0.5) is 5.69 Å². The lowest BCUT2D eigenvalue weighted by Crippen LogP contribution is -2.40. The van der Waals surface area contributed by atoms with Gasteiger partial charge in [0.1, 0.15) is 6.54 Å². The van der Waals surface area contributed by atoms with Gasteiger partial charge in [0.2, 0.25) is 15.9 Å². The fourth-order valence-electron chi connectivity index (χ4n) is 2.86. The van der Waals surface area contributed by atoms with Crippen molar-refractivity contribution in [3.8, 4) is 0 Å². The molecule has 1 amide bonds. The fourth-order valence-corrected chi connectivity index (χ4v) is 4.46. The van der Waals surface area contributed by atoms with E-state index in [2.05, 4.69) is 0 Å². The zero-order valence-corrected chi connectivity index (χ0v) is 14.8. The highest BCUT2D eigenvalue weighted by molar-refractivity contribution is 7.89. The van der Waals surface area contributed by atoms with Gasteiger partial charge in [-0.05, 0) is 44.4 Å². The molecule has 0 saturated heterocycles. The van der Waals surface area contributed by atoms with Gasteiger partial charge in [0.15, 0.2) is 0 Å². The van der Waals surface area contributed by atoms with Crippen LogP contribution in [0, 0.1) is 0 Å². The summed E-state index contributed by atoms with van der Waals surface area (Å²) in [5.41, 5.74) is 1.51. The molecule has 0 fully saturated rings. The standard InChI is InChI=1S/C16H22N2O5S/c1-11(2)18(10-16(20)21)24(22,23)14-7-6-13-5-4-8-17(12(3)19)15(13)9-14/h6-7,9,11H,4-5,8,10H2,1-3H3,(H,20,21). The lowest BCUT2D eigenvalue weighted by Gasteiger charge is -2.30. The number of anilines is 1. The van der Waals surface area contributed by atoms with Gasteiger partial charge in [-0.3, -0.25) is 9.59 Å². The first kappa shape index (κ1) is 18.4. The first-order chi connectivity index (χ1) is 11.1. The van der Waals surface area contributed by atoms with E-state index >= 15 is 0 Å². The monoisotopic (exact) mass is 354 g/mol. The molecule has 0 spiro atoms. The molecule has 1 aliphatic heterocycles.